The first kappa shape index (κ1) is 14.2. The molecule has 17 heavy (non-hydrogen) atoms. The van der Waals surface area contributed by atoms with Gasteiger partial charge in [-0.25, -0.2) is 0 Å². The first-order valence-electron chi connectivity index (χ1n) is 6.34. The van der Waals surface area contributed by atoms with E-state index in [1.54, 1.807) is 0 Å². The summed E-state index contributed by atoms with van der Waals surface area (Å²) in [6.07, 6.45) is 2.31. The van der Waals surface area contributed by atoms with E-state index < -0.39 is 0 Å². The van der Waals surface area contributed by atoms with Crippen LogP contribution in [0.4, 0.5) is 0 Å². The van der Waals surface area contributed by atoms with Gasteiger partial charge >= 0.3 is 0 Å². The summed E-state index contributed by atoms with van der Waals surface area (Å²) >= 11 is 0. The second kappa shape index (κ2) is 9.16. The Morgan fingerprint density at radius 1 is 1.12 bits per heavy atom. The molecule has 1 aliphatic rings. The molecule has 0 amide bonds. The summed E-state index contributed by atoms with van der Waals surface area (Å²) in [7, 11) is 0. The SMILES string of the molecule is C1COCCN1.CCCc1ccc(CO)cc1. The van der Waals surface area contributed by atoms with Crippen LogP contribution in [-0.2, 0) is 17.8 Å². The van der Waals surface area contributed by atoms with Crippen molar-refractivity contribution < 1.29 is 9.84 Å². The van der Waals surface area contributed by atoms with E-state index in [0.29, 0.717) is 0 Å². The Balaban J connectivity index is 0.000000202. The third kappa shape index (κ3) is 6.41. The van der Waals surface area contributed by atoms with Crippen molar-refractivity contribution in [3.63, 3.8) is 0 Å². The Kier molecular flexibility index (Phi) is 7.63. The lowest BCUT2D eigenvalue weighted by atomic mass is 10.1. The first-order chi connectivity index (χ1) is 8.36. The molecule has 2 rings (SSSR count). The van der Waals surface area contributed by atoms with Crippen molar-refractivity contribution in [2.24, 2.45) is 0 Å². The number of morpholine rings is 1. The van der Waals surface area contributed by atoms with Crippen LogP contribution in [0.5, 0.6) is 0 Å². The second-order valence-electron chi connectivity index (χ2n) is 4.09. The lowest BCUT2D eigenvalue weighted by Gasteiger charge is -2.10. The lowest BCUT2D eigenvalue weighted by Crippen LogP contribution is -2.30. The molecule has 1 heterocycles. The molecule has 3 nitrogen and oxygen atoms in total. The van der Waals surface area contributed by atoms with Gasteiger partial charge in [0.15, 0.2) is 0 Å². The number of rotatable bonds is 3. The van der Waals surface area contributed by atoms with Gasteiger partial charge < -0.3 is 15.2 Å². The van der Waals surface area contributed by atoms with E-state index in [1.807, 2.05) is 12.1 Å². The summed E-state index contributed by atoms with van der Waals surface area (Å²) in [4.78, 5) is 0. The van der Waals surface area contributed by atoms with Crippen LogP contribution in [0.25, 0.3) is 0 Å². The number of aryl methyl sites for hydroxylation is 1. The number of ether oxygens (including phenoxy) is 1. The van der Waals surface area contributed by atoms with Gasteiger partial charge in [-0.15, -0.1) is 0 Å². The van der Waals surface area contributed by atoms with E-state index in [9.17, 15) is 0 Å². The van der Waals surface area contributed by atoms with E-state index >= 15 is 0 Å². The van der Waals surface area contributed by atoms with E-state index in [4.69, 9.17) is 9.84 Å². The standard InChI is InChI=1S/C10H14O.C4H9NO/c1-2-3-9-4-6-10(8-11)7-5-9;1-3-6-4-2-5-1/h4-7,11H,2-3,8H2,1H3;5H,1-4H2. The molecule has 0 atom stereocenters. The van der Waals surface area contributed by atoms with Gasteiger partial charge in [-0.2, -0.15) is 0 Å². The molecular weight excluding hydrogens is 214 g/mol. The monoisotopic (exact) mass is 237 g/mol. The summed E-state index contributed by atoms with van der Waals surface area (Å²) in [5.41, 5.74) is 2.34. The minimum absolute atomic E-state index is 0.145. The maximum absolute atomic E-state index is 8.76. The molecule has 0 spiro atoms. The molecular formula is C14H23NO2. The van der Waals surface area contributed by atoms with Crippen molar-refractivity contribution in [1.82, 2.24) is 5.32 Å². The molecule has 0 aromatic heterocycles. The zero-order valence-electron chi connectivity index (χ0n) is 10.6. The Bertz CT molecular complexity index is 269. The molecule has 1 saturated heterocycles. The highest BCUT2D eigenvalue weighted by Gasteiger charge is 1.93. The fourth-order valence-corrected chi connectivity index (χ4v) is 1.62. The average molecular weight is 237 g/mol. The highest BCUT2D eigenvalue weighted by Crippen LogP contribution is 2.05. The molecule has 0 radical (unpaired) electrons. The van der Waals surface area contributed by atoms with Crippen molar-refractivity contribution in [3.8, 4) is 0 Å². The molecule has 96 valence electrons. The molecule has 0 saturated carbocycles. The zero-order chi connectivity index (χ0) is 12.3. The summed E-state index contributed by atoms with van der Waals surface area (Å²) < 4.78 is 5.01. The molecule has 0 unspecified atom stereocenters. The van der Waals surface area contributed by atoms with Crippen LogP contribution in [0.2, 0.25) is 0 Å². The van der Waals surface area contributed by atoms with Gasteiger partial charge in [0.25, 0.3) is 0 Å². The normalized spacial score (nSPS) is 14.9. The lowest BCUT2D eigenvalue weighted by molar-refractivity contribution is 0.109. The van der Waals surface area contributed by atoms with Gasteiger partial charge in [0, 0.05) is 13.1 Å². The van der Waals surface area contributed by atoms with Crippen LogP contribution in [0.15, 0.2) is 24.3 Å². The van der Waals surface area contributed by atoms with Gasteiger partial charge in [-0.05, 0) is 17.5 Å². The third-order valence-corrected chi connectivity index (χ3v) is 2.59. The fourth-order valence-electron chi connectivity index (χ4n) is 1.62. The number of hydrogen-bond donors (Lipinski definition) is 2. The number of aliphatic hydroxyl groups excluding tert-OH is 1. The highest BCUT2D eigenvalue weighted by atomic mass is 16.5. The number of benzene rings is 1. The largest absolute Gasteiger partial charge is 0.392 e. The third-order valence-electron chi connectivity index (χ3n) is 2.59. The maximum Gasteiger partial charge on any atom is 0.0681 e. The number of hydrogen-bond acceptors (Lipinski definition) is 3. The molecule has 1 aliphatic heterocycles. The van der Waals surface area contributed by atoms with Crippen LogP contribution in [-0.4, -0.2) is 31.4 Å². The van der Waals surface area contributed by atoms with E-state index in [2.05, 4.69) is 24.4 Å². The molecule has 1 fully saturated rings. The predicted molar refractivity (Wildman–Crippen MR) is 70.0 cm³/mol. The highest BCUT2D eigenvalue weighted by molar-refractivity contribution is 5.21. The van der Waals surface area contributed by atoms with Crippen LogP contribution in [0.3, 0.4) is 0 Å². The van der Waals surface area contributed by atoms with Gasteiger partial charge in [-0.3, -0.25) is 0 Å². The molecule has 0 bridgehead atoms. The summed E-state index contributed by atoms with van der Waals surface area (Å²) in [5, 5.41) is 11.9. The van der Waals surface area contributed by atoms with E-state index in [-0.39, 0.29) is 6.61 Å². The molecule has 3 heteroatoms. The predicted octanol–water partition coefficient (Wildman–Crippen LogP) is 1.74. The van der Waals surface area contributed by atoms with Crippen molar-refractivity contribution in [3.05, 3.63) is 35.4 Å². The van der Waals surface area contributed by atoms with Gasteiger partial charge in [0.05, 0.1) is 19.8 Å². The van der Waals surface area contributed by atoms with Gasteiger partial charge in [-0.1, -0.05) is 37.6 Å². The number of nitrogens with one attached hydrogen (secondary N) is 1. The Hall–Kier alpha value is -0.900. The van der Waals surface area contributed by atoms with Gasteiger partial charge in [0.2, 0.25) is 0 Å². The number of aliphatic hydroxyl groups is 1. The molecule has 1 aromatic carbocycles. The smallest absolute Gasteiger partial charge is 0.0681 e. The summed E-state index contributed by atoms with van der Waals surface area (Å²) in [6, 6.07) is 8.11. The Morgan fingerprint density at radius 3 is 2.06 bits per heavy atom. The van der Waals surface area contributed by atoms with E-state index in [0.717, 1.165) is 38.3 Å². The first-order valence-corrected chi connectivity index (χ1v) is 6.34. The van der Waals surface area contributed by atoms with Crippen molar-refractivity contribution in [2.45, 2.75) is 26.4 Å². The fraction of sp³-hybridized carbons (Fsp3) is 0.571. The van der Waals surface area contributed by atoms with Crippen LogP contribution < -0.4 is 5.32 Å². The average Bonchev–Trinajstić information content (AvgIpc) is 2.43. The van der Waals surface area contributed by atoms with Crippen molar-refractivity contribution in [2.75, 3.05) is 26.3 Å². The van der Waals surface area contributed by atoms with Gasteiger partial charge in [0.1, 0.15) is 0 Å². The van der Waals surface area contributed by atoms with Crippen LogP contribution in [0.1, 0.15) is 24.5 Å². The summed E-state index contributed by atoms with van der Waals surface area (Å²) in [5.74, 6) is 0. The molecule has 1 aromatic rings. The Labute approximate surface area is 104 Å². The quantitative estimate of drug-likeness (QED) is 0.841. The minimum Gasteiger partial charge on any atom is -0.392 e. The van der Waals surface area contributed by atoms with E-state index in [1.165, 1.54) is 12.0 Å². The zero-order valence-corrected chi connectivity index (χ0v) is 10.6. The second-order valence-corrected chi connectivity index (χ2v) is 4.09. The molecule has 2 N–H and O–H groups in total. The van der Waals surface area contributed by atoms with Crippen molar-refractivity contribution in [1.29, 1.82) is 0 Å². The maximum atomic E-state index is 8.76. The van der Waals surface area contributed by atoms with Crippen molar-refractivity contribution >= 4 is 0 Å². The Morgan fingerprint density at radius 2 is 1.71 bits per heavy atom. The topological polar surface area (TPSA) is 41.5 Å². The van der Waals surface area contributed by atoms with Crippen LogP contribution >= 0.6 is 0 Å². The summed E-state index contributed by atoms with van der Waals surface area (Å²) in [6.45, 7) is 6.15. The van der Waals surface area contributed by atoms with Crippen LogP contribution in [0, 0.1) is 0 Å². The minimum atomic E-state index is 0.145. The molecule has 0 aliphatic carbocycles.